The molecule has 106 valence electrons. The third kappa shape index (κ3) is 4.22. The molecule has 1 aromatic rings. The number of halogens is 1. The molecule has 1 rings (SSSR count). The molecule has 1 unspecified atom stereocenters. The zero-order valence-corrected chi connectivity index (χ0v) is 10.3. The van der Waals surface area contributed by atoms with Gasteiger partial charge in [-0.25, -0.2) is 14.0 Å². The summed E-state index contributed by atoms with van der Waals surface area (Å²) in [5.74, 6) is -1.93. The second-order valence-electron chi connectivity index (χ2n) is 3.80. The fourth-order valence-electron chi connectivity index (χ4n) is 1.42. The standard InChI is InChI=1S/C12H12FN3O4/c13-8-1-2-9(7(5-8)6-14)15-12(20)16-10(3-4-17)11(18)19/h1-2,5,10,17H,3-4H2,(H,18,19)(H2,15,16,20). The van der Waals surface area contributed by atoms with Crippen LogP contribution in [0.2, 0.25) is 0 Å². The maximum Gasteiger partial charge on any atom is 0.326 e. The number of hydrogen-bond donors (Lipinski definition) is 4. The molecule has 0 fully saturated rings. The number of anilines is 1. The largest absolute Gasteiger partial charge is 0.480 e. The molecule has 0 spiro atoms. The maximum absolute atomic E-state index is 12.9. The first-order valence-electron chi connectivity index (χ1n) is 5.58. The average molecular weight is 281 g/mol. The minimum Gasteiger partial charge on any atom is -0.480 e. The second-order valence-corrected chi connectivity index (χ2v) is 3.80. The van der Waals surface area contributed by atoms with Gasteiger partial charge in [-0.15, -0.1) is 0 Å². The van der Waals surface area contributed by atoms with Gasteiger partial charge < -0.3 is 20.8 Å². The predicted octanol–water partition coefficient (Wildman–Crippen LogP) is 0.654. The first-order valence-corrected chi connectivity index (χ1v) is 5.58. The molecule has 0 aliphatic heterocycles. The minimum atomic E-state index is -1.30. The van der Waals surface area contributed by atoms with Crippen LogP contribution in [0.4, 0.5) is 14.9 Å². The van der Waals surface area contributed by atoms with Crippen LogP contribution >= 0.6 is 0 Å². The highest BCUT2D eigenvalue weighted by Crippen LogP contribution is 2.15. The Labute approximate surface area is 113 Å². The number of carboxylic acid groups (broad SMARTS) is 1. The van der Waals surface area contributed by atoms with Gasteiger partial charge in [-0.05, 0) is 18.2 Å². The lowest BCUT2D eigenvalue weighted by atomic mass is 10.2. The molecule has 0 bridgehead atoms. The van der Waals surface area contributed by atoms with Crippen molar-refractivity contribution < 1.29 is 24.2 Å². The zero-order valence-electron chi connectivity index (χ0n) is 10.3. The molecule has 0 aliphatic carbocycles. The van der Waals surface area contributed by atoms with Crippen molar-refractivity contribution in [1.82, 2.24) is 5.32 Å². The second kappa shape index (κ2) is 7.06. The minimum absolute atomic E-state index is 0.0551. The van der Waals surface area contributed by atoms with Gasteiger partial charge in [0.25, 0.3) is 0 Å². The molecule has 0 aromatic heterocycles. The maximum atomic E-state index is 12.9. The van der Waals surface area contributed by atoms with Crippen molar-refractivity contribution in [2.45, 2.75) is 12.5 Å². The van der Waals surface area contributed by atoms with Gasteiger partial charge in [-0.1, -0.05) is 0 Å². The van der Waals surface area contributed by atoms with Crippen molar-refractivity contribution in [2.24, 2.45) is 0 Å². The van der Waals surface area contributed by atoms with Gasteiger partial charge in [0.05, 0.1) is 11.3 Å². The number of nitriles is 1. The monoisotopic (exact) mass is 281 g/mol. The number of benzene rings is 1. The van der Waals surface area contributed by atoms with E-state index in [-0.39, 0.29) is 17.7 Å². The lowest BCUT2D eigenvalue weighted by Crippen LogP contribution is -2.43. The molecule has 1 aromatic carbocycles. The van der Waals surface area contributed by atoms with Gasteiger partial charge >= 0.3 is 12.0 Å². The van der Waals surface area contributed by atoms with E-state index in [2.05, 4.69) is 10.6 Å². The molecule has 2 amide bonds. The van der Waals surface area contributed by atoms with Gasteiger partial charge in [0.1, 0.15) is 17.9 Å². The number of rotatable bonds is 5. The number of amides is 2. The Morgan fingerprint density at radius 3 is 2.70 bits per heavy atom. The van der Waals surface area contributed by atoms with Gasteiger partial charge in [-0.3, -0.25) is 0 Å². The summed E-state index contributed by atoms with van der Waals surface area (Å²) in [6.45, 7) is -0.406. The van der Waals surface area contributed by atoms with Crippen LogP contribution < -0.4 is 10.6 Å². The Kier molecular flexibility index (Phi) is 5.43. The number of aliphatic hydroxyl groups excluding tert-OH is 1. The molecule has 7 nitrogen and oxygen atoms in total. The number of hydrogen-bond acceptors (Lipinski definition) is 4. The van der Waals surface area contributed by atoms with E-state index in [9.17, 15) is 14.0 Å². The number of aliphatic hydroxyl groups is 1. The number of nitrogens with one attached hydrogen (secondary N) is 2. The number of aliphatic carboxylic acids is 1. The molecule has 0 aliphatic rings. The first-order chi connectivity index (χ1) is 9.47. The Morgan fingerprint density at radius 1 is 1.45 bits per heavy atom. The van der Waals surface area contributed by atoms with E-state index in [4.69, 9.17) is 15.5 Å². The van der Waals surface area contributed by atoms with Crippen molar-refractivity contribution in [3.63, 3.8) is 0 Å². The van der Waals surface area contributed by atoms with Crippen molar-refractivity contribution in [3.8, 4) is 6.07 Å². The highest BCUT2D eigenvalue weighted by atomic mass is 19.1. The van der Waals surface area contributed by atoms with Gasteiger partial charge in [0.15, 0.2) is 0 Å². The number of carboxylic acids is 1. The quantitative estimate of drug-likeness (QED) is 0.631. The molecular weight excluding hydrogens is 269 g/mol. The predicted molar refractivity (Wildman–Crippen MR) is 66.4 cm³/mol. The highest BCUT2D eigenvalue weighted by Gasteiger charge is 2.19. The molecule has 1 atom stereocenters. The van der Waals surface area contributed by atoms with Crippen molar-refractivity contribution in [2.75, 3.05) is 11.9 Å². The van der Waals surface area contributed by atoms with Crippen LogP contribution in [0.25, 0.3) is 0 Å². The molecule has 0 radical (unpaired) electrons. The van der Waals surface area contributed by atoms with Crippen LogP contribution in [0.3, 0.4) is 0 Å². The number of carbonyl (C=O) groups is 2. The molecule has 8 heteroatoms. The summed E-state index contributed by atoms with van der Waals surface area (Å²) in [7, 11) is 0. The normalized spacial score (nSPS) is 11.2. The van der Waals surface area contributed by atoms with Crippen molar-refractivity contribution >= 4 is 17.7 Å². The van der Waals surface area contributed by atoms with E-state index in [0.717, 1.165) is 12.1 Å². The first kappa shape index (κ1) is 15.4. The highest BCUT2D eigenvalue weighted by molar-refractivity contribution is 5.93. The summed E-state index contributed by atoms with van der Waals surface area (Å²) in [4.78, 5) is 22.4. The topological polar surface area (TPSA) is 122 Å². The van der Waals surface area contributed by atoms with Crippen molar-refractivity contribution in [3.05, 3.63) is 29.6 Å². The van der Waals surface area contributed by atoms with E-state index in [1.165, 1.54) is 6.07 Å². The smallest absolute Gasteiger partial charge is 0.326 e. The number of nitrogens with zero attached hydrogens (tertiary/aromatic N) is 1. The molecule has 20 heavy (non-hydrogen) atoms. The molecule has 4 N–H and O–H groups in total. The molecule has 0 saturated carbocycles. The molecule has 0 heterocycles. The average Bonchev–Trinajstić information content (AvgIpc) is 2.40. The summed E-state index contributed by atoms with van der Waals surface area (Å²) >= 11 is 0. The fourth-order valence-corrected chi connectivity index (χ4v) is 1.42. The lowest BCUT2D eigenvalue weighted by molar-refractivity contribution is -0.139. The SMILES string of the molecule is N#Cc1cc(F)ccc1NC(=O)NC(CCO)C(=O)O. The Bertz CT molecular complexity index is 556. The van der Waals surface area contributed by atoms with E-state index >= 15 is 0 Å². The fraction of sp³-hybridized carbons (Fsp3) is 0.250. The van der Waals surface area contributed by atoms with Crippen LogP contribution in [-0.2, 0) is 4.79 Å². The summed E-state index contributed by atoms with van der Waals surface area (Å²) < 4.78 is 12.9. The molecule has 0 saturated heterocycles. The third-order valence-electron chi connectivity index (χ3n) is 2.37. The Morgan fingerprint density at radius 2 is 2.15 bits per heavy atom. The van der Waals surface area contributed by atoms with Crippen LogP contribution in [0, 0.1) is 17.1 Å². The summed E-state index contributed by atoms with van der Waals surface area (Å²) in [5.41, 5.74) is -0.0336. The number of urea groups is 1. The summed E-state index contributed by atoms with van der Waals surface area (Å²) in [5, 5.41) is 30.6. The summed E-state index contributed by atoms with van der Waals surface area (Å²) in [6.07, 6.45) is -0.155. The Balaban J connectivity index is 2.76. The van der Waals surface area contributed by atoms with E-state index in [1.54, 1.807) is 6.07 Å². The summed E-state index contributed by atoms with van der Waals surface area (Å²) in [6, 6.07) is 2.77. The van der Waals surface area contributed by atoms with E-state index in [1.807, 2.05) is 0 Å². The van der Waals surface area contributed by atoms with E-state index in [0.29, 0.717) is 0 Å². The zero-order chi connectivity index (χ0) is 15.1. The van der Waals surface area contributed by atoms with Crippen LogP contribution in [0.5, 0.6) is 0 Å². The Hall–Kier alpha value is -2.66. The lowest BCUT2D eigenvalue weighted by Gasteiger charge is -2.14. The van der Waals surface area contributed by atoms with Gasteiger partial charge in [0.2, 0.25) is 0 Å². The molecular formula is C12H12FN3O4. The van der Waals surface area contributed by atoms with E-state index < -0.39 is 30.5 Å². The van der Waals surface area contributed by atoms with Gasteiger partial charge in [-0.2, -0.15) is 5.26 Å². The third-order valence-corrected chi connectivity index (χ3v) is 2.37. The number of carbonyl (C=O) groups excluding carboxylic acids is 1. The van der Waals surface area contributed by atoms with Crippen LogP contribution in [0.15, 0.2) is 18.2 Å². The van der Waals surface area contributed by atoms with Crippen molar-refractivity contribution in [1.29, 1.82) is 5.26 Å². The van der Waals surface area contributed by atoms with Gasteiger partial charge in [0, 0.05) is 13.0 Å². The van der Waals surface area contributed by atoms with Crippen LogP contribution in [0.1, 0.15) is 12.0 Å². The van der Waals surface area contributed by atoms with Crippen LogP contribution in [-0.4, -0.2) is 34.9 Å².